The first-order chi connectivity index (χ1) is 9.20. The average Bonchev–Trinajstić information content (AvgIpc) is 2.84. The van der Waals surface area contributed by atoms with Crippen molar-refractivity contribution in [3.05, 3.63) is 29.6 Å². The summed E-state index contributed by atoms with van der Waals surface area (Å²) in [5.41, 5.74) is 0.724. The second-order valence-electron chi connectivity index (χ2n) is 4.99. The maximum Gasteiger partial charge on any atom is 0.254 e. The molecule has 5 nitrogen and oxygen atoms in total. The van der Waals surface area contributed by atoms with Gasteiger partial charge in [0, 0.05) is 25.5 Å². The fraction of sp³-hybridized carbons (Fsp3) is 0.500. The third kappa shape index (κ3) is 3.52. The van der Waals surface area contributed by atoms with Gasteiger partial charge in [-0.05, 0) is 38.4 Å². The van der Waals surface area contributed by atoms with Gasteiger partial charge in [0.2, 0.25) is 0 Å². The second kappa shape index (κ2) is 6.30. The van der Waals surface area contributed by atoms with E-state index in [1.54, 1.807) is 6.07 Å². The van der Waals surface area contributed by atoms with Gasteiger partial charge in [0.1, 0.15) is 6.07 Å². The maximum absolute atomic E-state index is 11.9. The fourth-order valence-corrected chi connectivity index (χ4v) is 2.42. The van der Waals surface area contributed by atoms with E-state index in [1.165, 1.54) is 18.8 Å². The highest BCUT2D eigenvalue weighted by Crippen LogP contribution is 2.17. The highest BCUT2D eigenvalue weighted by molar-refractivity contribution is 5.96. The van der Waals surface area contributed by atoms with Gasteiger partial charge in [0.15, 0.2) is 0 Å². The Hall–Kier alpha value is -1.93. The van der Waals surface area contributed by atoms with E-state index in [0.717, 1.165) is 19.5 Å². The summed E-state index contributed by atoms with van der Waals surface area (Å²) in [6.45, 7) is 2.89. The molecule has 1 aliphatic rings. The maximum atomic E-state index is 11.9. The molecule has 1 aromatic heterocycles. The lowest BCUT2D eigenvalue weighted by molar-refractivity contribution is 0.0951. The van der Waals surface area contributed by atoms with Crippen molar-refractivity contribution in [2.75, 3.05) is 26.7 Å². The zero-order valence-corrected chi connectivity index (χ0v) is 11.1. The van der Waals surface area contributed by atoms with Crippen LogP contribution >= 0.6 is 0 Å². The number of nitriles is 1. The molecular weight excluding hydrogens is 240 g/mol. The van der Waals surface area contributed by atoms with Crippen molar-refractivity contribution in [2.45, 2.75) is 12.8 Å². The summed E-state index contributed by atoms with van der Waals surface area (Å²) in [6, 6.07) is 3.56. The zero-order valence-electron chi connectivity index (χ0n) is 11.1. The third-order valence-corrected chi connectivity index (χ3v) is 3.51. The van der Waals surface area contributed by atoms with Gasteiger partial charge in [0.25, 0.3) is 5.91 Å². The molecule has 2 heterocycles. The Morgan fingerprint density at radius 2 is 2.53 bits per heavy atom. The standard InChI is InChI=1S/C14H18N4O/c1-18-7-4-11(10-18)2-6-17-14(19)13-9-16-5-3-12(13)8-15/h3,5,9,11H,2,4,6-7,10H2,1H3,(H,17,19). The molecule has 1 aromatic rings. The molecule has 0 aliphatic carbocycles. The lowest BCUT2D eigenvalue weighted by atomic mass is 10.1. The highest BCUT2D eigenvalue weighted by Gasteiger charge is 2.19. The molecule has 0 radical (unpaired) electrons. The van der Waals surface area contributed by atoms with Crippen molar-refractivity contribution in [3.63, 3.8) is 0 Å². The number of aromatic nitrogens is 1. The summed E-state index contributed by atoms with van der Waals surface area (Å²) in [5.74, 6) is 0.450. The van der Waals surface area contributed by atoms with Crippen LogP contribution in [-0.2, 0) is 0 Å². The number of carbonyl (C=O) groups is 1. The quantitative estimate of drug-likeness (QED) is 0.875. The van der Waals surface area contributed by atoms with E-state index in [-0.39, 0.29) is 5.91 Å². The number of rotatable bonds is 4. The summed E-state index contributed by atoms with van der Waals surface area (Å²) in [7, 11) is 2.12. The first-order valence-corrected chi connectivity index (χ1v) is 6.51. The summed E-state index contributed by atoms with van der Waals surface area (Å²) in [5, 5.41) is 11.8. The van der Waals surface area contributed by atoms with Crippen molar-refractivity contribution >= 4 is 5.91 Å². The van der Waals surface area contributed by atoms with Crippen LogP contribution in [0.1, 0.15) is 28.8 Å². The predicted molar refractivity (Wildman–Crippen MR) is 71.5 cm³/mol. The number of amides is 1. The first kappa shape index (κ1) is 13.5. The molecule has 2 rings (SSSR count). The minimum absolute atomic E-state index is 0.212. The molecule has 0 saturated carbocycles. The van der Waals surface area contributed by atoms with Gasteiger partial charge in [-0.2, -0.15) is 5.26 Å². The summed E-state index contributed by atoms with van der Waals surface area (Å²) < 4.78 is 0. The van der Waals surface area contributed by atoms with E-state index >= 15 is 0 Å². The molecule has 5 heteroatoms. The van der Waals surface area contributed by atoms with Gasteiger partial charge in [0.05, 0.1) is 11.1 Å². The van der Waals surface area contributed by atoms with Gasteiger partial charge in [-0.25, -0.2) is 0 Å². The number of pyridine rings is 1. The minimum atomic E-state index is -0.212. The Balaban J connectivity index is 1.83. The molecule has 1 saturated heterocycles. The minimum Gasteiger partial charge on any atom is -0.352 e. The topological polar surface area (TPSA) is 69.0 Å². The van der Waals surface area contributed by atoms with E-state index in [2.05, 4.69) is 22.2 Å². The van der Waals surface area contributed by atoms with Gasteiger partial charge in [-0.1, -0.05) is 0 Å². The number of nitrogens with one attached hydrogen (secondary N) is 1. The number of hydrogen-bond donors (Lipinski definition) is 1. The van der Waals surface area contributed by atoms with E-state index in [0.29, 0.717) is 23.6 Å². The number of carbonyl (C=O) groups excluding carboxylic acids is 1. The van der Waals surface area contributed by atoms with Gasteiger partial charge in [-0.15, -0.1) is 0 Å². The van der Waals surface area contributed by atoms with Crippen molar-refractivity contribution in [1.82, 2.24) is 15.2 Å². The Bertz CT molecular complexity index is 494. The summed E-state index contributed by atoms with van der Waals surface area (Å²) in [4.78, 5) is 18.1. The fourth-order valence-electron chi connectivity index (χ4n) is 2.42. The van der Waals surface area contributed by atoms with Crippen LogP contribution < -0.4 is 5.32 Å². The molecule has 1 aliphatic heterocycles. The van der Waals surface area contributed by atoms with Gasteiger partial charge in [-0.3, -0.25) is 9.78 Å². The first-order valence-electron chi connectivity index (χ1n) is 6.51. The predicted octanol–water partition coefficient (Wildman–Crippen LogP) is 1.02. The molecule has 1 fully saturated rings. The zero-order chi connectivity index (χ0) is 13.7. The van der Waals surface area contributed by atoms with Crippen LogP contribution in [0.15, 0.2) is 18.5 Å². The van der Waals surface area contributed by atoms with E-state index in [9.17, 15) is 4.79 Å². The smallest absolute Gasteiger partial charge is 0.254 e. The molecule has 1 unspecified atom stereocenters. The molecule has 19 heavy (non-hydrogen) atoms. The molecule has 0 aromatic carbocycles. The number of likely N-dealkylation sites (tertiary alicyclic amines) is 1. The van der Waals surface area contributed by atoms with Crippen LogP contribution in [0.5, 0.6) is 0 Å². The Morgan fingerprint density at radius 3 is 3.21 bits per heavy atom. The van der Waals surface area contributed by atoms with Crippen LogP contribution in [0.25, 0.3) is 0 Å². The Morgan fingerprint density at radius 1 is 1.68 bits per heavy atom. The van der Waals surface area contributed by atoms with Crippen molar-refractivity contribution < 1.29 is 4.79 Å². The van der Waals surface area contributed by atoms with Crippen molar-refractivity contribution in [2.24, 2.45) is 5.92 Å². The van der Waals surface area contributed by atoms with Crippen LogP contribution in [-0.4, -0.2) is 42.5 Å². The SMILES string of the molecule is CN1CCC(CCNC(=O)c2cnccc2C#N)C1. The molecule has 100 valence electrons. The molecule has 0 spiro atoms. The molecule has 0 bridgehead atoms. The Kier molecular flexibility index (Phi) is 4.48. The van der Waals surface area contributed by atoms with E-state index in [1.807, 2.05) is 6.07 Å². The molecule has 1 amide bonds. The monoisotopic (exact) mass is 258 g/mol. The largest absolute Gasteiger partial charge is 0.352 e. The van der Waals surface area contributed by atoms with Gasteiger partial charge >= 0.3 is 0 Å². The number of nitrogens with zero attached hydrogens (tertiary/aromatic N) is 3. The highest BCUT2D eigenvalue weighted by atomic mass is 16.1. The van der Waals surface area contributed by atoms with Crippen LogP contribution in [0.4, 0.5) is 0 Å². The lowest BCUT2D eigenvalue weighted by Gasteiger charge is -2.11. The van der Waals surface area contributed by atoms with Gasteiger partial charge < -0.3 is 10.2 Å². The average molecular weight is 258 g/mol. The van der Waals surface area contributed by atoms with Crippen molar-refractivity contribution in [1.29, 1.82) is 5.26 Å². The third-order valence-electron chi connectivity index (χ3n) is 3.51. The van der Waals surface area contributed by atoms with Crippen LogP contribution in [0.2, 0.25) is 0 Å². The second-order valence-corrected chi connectivity index (χ2v) is 4.99. The van der Waals surface area contributed by atoms with E-state index < -0.39 is 0 Å². The van der Waals surface area contributed by atoms with Crippen molar-refractivity contribution in [3.8, 4) is 6.07 Å². The van der Waals surface area contributed by atoms with E-state index in [4.69, 9.17) is 5.26 Å². The summed E-state index contributed by atoms with van der Waals surface area (Å²) in [6.07, 6.45) is 5.14. The van der Waals surface area contributed by atoms with Crippen LogP contribution in [0, 0.1) is 17.2 Å². The normalized spacial score (nSPS) is 19.1. The Labute approximate surface area is 113 Å². The summed E-state index contributed by atoms with van der Waals surface area (Å²) >= 11 is 0. The van der Waals surface area contributed by atoms with Crippen LogP contribution in [0.3, 0.4) is 0 Å². The molecular formula is C14H18N4O. The number of hydrogen-bond acceptors (Lipinski definition) is 4. The molecule has 1 N–H and O–H groups in total. The lowest BCUT2D eigenvalue weighted by Crippen LogP contribution is -2.27. The molecule has 1 atom stereocenters.